The number of thiol groups is 2. The summed E-state index contributed by atoms with van der Waals surface area (Å²) >= 11 is 8.50. The molecule has 144 valence electrons. The lowest BCUT2D eigenvalue weighted by Crippen LogP contribution is -2.54. The van der Waals surface area contributed by atoms with Crippen LogP contribution in [0, 0.1) is 0 Å². The Morgan fingerprint density at radius 3 is 1.28 bits per heavy atom. The molecular formula is C15H26N2O6S2. The van der Waals surface area contributed by atoms with Crippen molar-refractivity contribution in [3.05, 3.63) is 0 Å². The lowest BCUT2D eigenvalue weighted by atomic mass is 10.0. The molecule has 0 aromatic carbocycles. The number of nitrogens with one attached hydrogen (secondary N) is 2. The number of carbonyl (C=O) groups is 4. The van der Waals surface area contributed by atoms with E-state index in [0.29, 0.717) is 12.8 Å². The lowest BCUT2D eigenvalue weighted by Gasteiger charge is -2.34. The van der Waals surface area contributed by atoms with Gasteiger partial charge in [0.25, 0.3) is 5.79 Å². The zero-order chi connectivity index (χ0) is 20.1. The van der Waals surface area contributed by atoms with Crippen LogP contribution in [0.1, 0.15) is 41.5 Å². The number of carbonyl (C=O) groups excluding carboxylic acids is 4. The molecule has 8 nitrogen and oxygen atoms in total. The van der Waals surface area contributed by atoms with Crippen molar-refractivity contribution < 1.29 is 28.7 Å². The van der Waals surface area contributed by atoms with Crippen LogP contribution in [0.15, 0.2) is 0 Å². The van der Waals surface area contributed by atoms with Crippen LogP contribution in [0.4, 0.5) is 0 Å². The van der Waals surface area contributed by atoms with Crippen molar-refractivity contribution in [3.8, 4) is 0 Å². The molecule has 0 aliphatic carbocycles. The fourth-order valence-corrected chi connectivity index (χ4v) is 2.24. The first-order valence-corrected chi connectivity index (χ1v) is 8.35. The zero-order valence-electron chi connectivity index (χ0n) is 15.2. The Kier molecular flexibility index (Phi) is 8.29. The van der Waals surface area contributed by atoms with Crippen LogP contribution in [-0.2, 0) is 28.7 Å². The molecule has 2 unspecified atom stereocenters. The molecule has 0 aliphatic heterocycles. The van der Waals surface area contributed by atoms with Gasteiger partial charge in [0.05, 0.1) is 0 Å². The molecule has 0 radical (unpaired) electrons. The highest BCUT2D eigenvalue weighted by molar-refractivity contribution is 7.82. The summed E-state index contributed by atoms with van der Waals surface area (Å²) in [6, 6.07) is -2.12. The highest BCUT2D eigenvalue weighted by Gasteiger charge is 2.41. The summed E-state index contributed by atoms with van der Waals surface area (Å²) < 4.78 is 8.57. The second-order valence-electron chi connectivity index (χ2n) is 6.98. The fraction of sp³-hybridized carbons (Fsp3) is 0.733. The molecule has 0 aromatic rings. The van der Waals surface area contributed by atoms with Gasteiger partial charge in [-0.1, -0.05) is 0 Å². The van der Waals surface area contributed by atoms with Gasteiger partial charge in [0.15, 0.2) is 0 Å². The number of hydrogen-bond acceptors (Lipinski definition) is 8. The van der Waals surface area contributed by atoms with Crippen LogP contribution in [0.25, 0.3) is 0 Å². The van der Waals surface area contributed by atoms with Crippen molar-refractivity contribution in [2.75, 3.05) is 0 Å². The highest BCUT2D eigenvalue weighted by Crippen LogP contribution is 2.24. The highest BCUT2D eigenvalue weighted by atomic mass is 32.1. The van der Waals surface area contributed by atoms with Gasteiger partial charge in [0, 0.05) is 23.3 Å². The molecule has 0 saturated carbocycles. The molecule has 2 N–H and O–H groups in total. The van der Waals surface area contributed by atoms with Crippen LogP contribution in [-0.4, -0.2) is 52.1 Å². The summed E-state index contributed by atoms with van der Waals surface area (Å²) in [6.07, 6.45) is 0.715. The van der Waals surface area contributed by atoms with Crippen molar-refractivity contribution in [2.45, 2.75) is 68.9 Å². The van der Waals surface area contributed by atoms with Crippen molar-refractivity contribution in [2.24, 2.45) is 0 Å². The average Bonchev–Trinajstić information content (AvgIpc) is 2.37. The number of hydrogen-bond donors (Lipinski definition) is 4. The van der Waals surface area contributed by atoms with Crippen molar-refractivity contribution in [3.63, 3.8) is 0 Å². The van der Waals surface area contributed by atoms with E-state index in [-0.39, 0.29) is 0 Å². The largest absolute Gasteiger partial charge is 0.422 e. The standard InChI is InChI=1S/C15H26N2O6S2/c1-13(2,24)9(16-7-18)11(20)22-15(5,6)23-12(21)10(17-8-19)14(3,4)25/h7-10,24-25H,1-6H3,(H,16,18)(H,17,19). The number of ether oxygens (including phenoxy) is 2. The van der Waals surface area contributed by atoms with Gasteiger partial charge in [-0.25, -0.2) is 9.59 Å². The zero-order valence-corrected chi connectivity index (χ0v) is 16.9. The summed E-state index contributed by atoms with van der Waals surface area (Å²) in [5.41, 5.74) is 0. The van der Waals surface area contributed by atoms with Gasteiger partial charge >= 0.3 is 11.9 Å². The van der Waals surface area contributed by atoms with Gasteiger partial charge < -0.3 is 20.1 Å². The number of amides is 2. The van der Waals surface area contributed by atoms with E-state index in [1.54, 1.807) is 27.7 Å². The van der Waals surface area contributed by atoms with E-state index < -0.39 is 39.3 Å². The molecule has 0 spiro atoms. The molecule has 25 heavy (non-hydrogen) atoms. The maximum Gasteiger partial charge on any atom is 0.333 e. The average molecular weight is 395 g/mol. The Labute approximate surface area is 158 Å². The molecule has 0 heterocycles. The van der Waals surface area contributed by atoms with E-state index in [2.05, 4.69) is 35.9 Å². The van der Waals surface area contributed by atoms with Gasteiger partial charge in [-0.15, -0.1) is 0 Å². The normalized spacial score (nSPS) is 14.7. The maximum absolute atomic E-state index is 12.3. The first-order chi connectivity index (χ1) is 11.2. The molecule has 2 amide bonds. The van der Waals surface area contributed by atoms with Gasteiger partial charge in [-0.2, -0.15) is 25.3 Å². The van der Waals surface area contributed by atoms with Crippen LogP contribution >= 0.6 is 25.3 Å². The summed E-state index contributed by atoms with van der Waals surface area (Å²) in [4.78, 5) is 46.0. The first-order valence-electron chi connectivity index (χ1n) is 7.45. The van der Waals surface area contributed by atoms with Crippen molar-refractivity contribution in [1.29, 1.82) is 0 Å². The minimum atomic E-state index is -1.64. The quantitative estimate of drug-likeness (QED) is 0.185. The Bertz CT molecular complexity index is 467. The third-order valence-corrected chi connectivity index (χ3v) is 3.56. The minimum Gasteiger partial charge on any atom is -0.422 e. The first kappa shape index (κ1) is 23.6. The van der Waals surface area contributed by atoms with Gasteiger partial charge in [0.2, 0.25) is 12.8 Å². The van der Waals surface area contributed by atoms with Gasteiger partial charge in [-0.3, -0.25) is 9.59 Å². The van der Waals surface area contributed by atoms with Gasteiger partial charge in [-0.05, 0) is 27.7 Å². The SMILES string of the molecule is CC(C)(OC(=O)C(NC=O)C(C)(C)S)OC(=O)C(NC=O)C(C)(C)S. The molecule has 2 atom stereocenters. The van der Waals surface area contributed by atoms with Crippen molar-refractivity contribution in [1.82, 2.24) is 10.6 Å². The third kappa shape index (κ3) is 8.00. The van der Waals surface area contributed by atoms with Crippen LogP contribution < -0.4 is 10.6 Å². The van der Waals surface area contributed by atoms with E-state index in [0.717, 1.165) is 0 Å². The Morgan fingerprint density at radius 2 is 1.08 bits per heavy atom. The van der Waals surface area contributed by atoms with Crippen LogP contribution in [0.5, 0.6) is 0 Å². The molecule has 0 aliphatic rings. The van der Waals surface area contributed by atoms with E-state index in [1.165, 1.54) is 13.8 Å². The third-order valence-electron chi connectivity index (χ3n) is 3.05. The van der Waals surface area contributed by atoms with Crippen molar-refractivity contribution >= 4 is 50.0 Å². The van der Waals surface area contributed by atoms with Crippen LogP contribution in [0.2, 0.25) is 0 Å². The van der Waals surface area contributed by atoms with E-state index in [9.17, 15) is 19.2 Å². The summed E-state index contributed by atoms with van der Waals surface area (Å²) in [5, 5.41) is 4.65. The predicted octanol–water partition coefficient (Wildman–Crippen LogP) is 0.455. The lowest BCUT2D eigenvalue weighted by molar-refractivity contribution is -0.219. The Morgan fingerprint density at radius 1 is 0.800 bits per heavy atom. The molecular weight excluding hydrogens is 368 g/mol. The molecule has 0 fully saturated rings. The predicted molar refractivity (Wildman–Crippen MR) is 98.4 cm³/mol. The van der Waals surface area contributed by atoms with Crippen LogP contribution in [0.3, 0.4) is 0 Å². The smallest absolute Gasteiger partial charge is 0.333 e. The maximum atomic E-state index is 12.3. The van der Waals surface area contributed by atoms with E-state index in [1.807, 2.05) is 0 Å². The molecule has 10 heteroatoms. The second kappa shape index (κ2) is 8.79. The number of esters is 2. The summed E-state index contributed by atoms with van der Waals surface area (Å²) in [7, 11) is 0. The summed E-state index contributed by atoms with van der Waals surface area (Å²) in [5.74, 6) is -3.29. The number of rotatable bonds is 10. The van der Waals surface area contributed by atoms with E-state index in [4.69, 9.17) is 9.47 Å². The fourth-order valence-electron chi connectivity index (χ4n) is 1.88. The second-order valence-corrected chi connectivity index (χ2v) is 9.29. The van der Waals surface area contributed by atoms with Gasteiger partial charge in [0.1, 0.15) is 12.1 Å². The Hall–Kier alpha value is -1.42. The molecule has 0 saturated heterocycles. The van der Waals surface area contributed by atoms with E-state index >= 15 is 0 Å². The Balaban J connectivity index is 5.18. The monoisotopic (exact) mass is 394 g/mol. The molecule has 0 bridgehead atoms. The summed E-state index contributed by atoms with van der Waals surface area (Å²) in [6.45, 7) is 9.18. The minimum absolute atomic E-state index is 0.358. The molecule has 0 aromatic heterocycles. The molecule has 0 rings (SSSR count). The topological polar surface area (TPSA) is 111 Å².